The molecule has 0 amide bonds. The summed E-state index contributed by atoms with van der Waals surface area (Å²) in [4.78, 5) is 8.06. The van der Waals surface area contributed by atoms with E-state index in [9.17, 15) is 4.39 Å². The van der Waals surface area contributed by atoms with Crippen molar-refractivity contribution >= 4 is 21.7 Å². The van der Waals surface area contributed by atoms with Crippen LogP contribution in [0.4, 0.5) is 10.2 Å². The summed E-state index contributed by atoms with van der Waals surface area (Å²) in [5.74, 6) is 5.69. The standard InChI is InChI=1S/C11H10BrFN4O/c12-7-1-8(13)3-10(2-7)18-6-9-4-16-11(17-14)5-15-9/h1-5H,6,14H2,(H,16,17). The predicted molar refractivity (Wildman–Crippen MR) is 68.3 cm³/mol. The third-order valence-electron chi connectivity index (χ3n) is 2.08. The summed E-state index contributed by atoms with van der Waals surface area (Å²) >= 11 is 3.19. The van der Waals surface area contributed by atoms with E-state index < -0.39 is 0 Å². The molecule has 0 radical (unpaired) electrons. The maximum atomic E-state index is 13.1. The number of halogens is 2. The molecule has 3 N–H and O–H groups in total. The van der Waals surface area contributed by atoms with Crippen molar-refractivity contribution in [1.82, 2.24) is 9.97 Å². The summed E-state index contributed by atoms with van der Waals surface area (Å²) in [5.41, 5.74) is 2.99. The average Bonchev–Trinajstić information content (AvgIpc) is 2.36. The molecule has 0 spiro atoms. The van der Waals surface area contributed by atoms with Gasteiger partial charge >= 0.3 is 0 Å². The highest BCUT2D eigenvalue weighted by atomic mass is 79.9. The SMILES string of the molecule is NNc1cnc(COc2cc(F)cc(Br)c2)cn1. The Bertz CT molecular complexity index is 515. The van der Waals surface area contributed by atoms with E-state index in [2.05, 4.69) is 31.3 Å². The fourth-order valence-corrected chi connectivity index (χ4v) is 1.72. The quantitative estimate of drug-likeness (QED) is 0.669. The van der Waals surface area contributed by atoms with Crippen LogP contribution < -0.4 is 16.0 Å². The van der Waals surface area contributed by atoms with Crippen LogP contribution in [0.3, 0.4) is 0 Å². The molecule has 0 aliphatic heterocycles. The van der Waals surface area contributed by atoms with E-state index in [1.807, 2.05) is 0 Å². The molecule has 0 saturated heterocycles. The van der Waals surface area contributed by atoms with E-state index >= 15 is 0 Å². The summed E-state index contributed by atoms with van der Waals surface area (Å²) in [6, 6.07) is 4.33. The summed E-state index contributed by atoms with van der Waals surface area (Å²) < 4.78 is 19.1. The van der Waals surface area contributed by atoms with Gasteiger partial charge in [-0.05, 0) is 12.1 Å². The van der Waals surface area contributed by atoms with E-state index in [0.29, 0.717) is 21.7 Å². The van der Waals surface area contributed by atoms with Crippen LogP contribution >= 0.6 is 15.9 Å². The molecular formula is C11H10BrFN4O. The van der Waals surface area contributed by atoms with E-state index in [-0.39, 0.29) is 12.4 Å². The Balaban J connectivity index is 2.01. The lowest BCUT2D eigenvalue weighted by molar-refractivity contribution is 0.299. The van der Waals surface area contributed by atoms with Gasteiger partial charge in [0.05, 0.1) is 18.1 Å². The second-order valence-electron chi connectivity index (χ2n) is 3.43. The molecule has 18 heavy (non-hydrogen) atoms. The maximum Gasteiger partial charge on any atom is 0.158 e. The molecule has 1 aromatic carbocycles. The lowest BCUT2D eigenvalue weighted by Crippen LogP contribution is -2.09. The van der Waals surface area contributed by atoms with Gasteiger partial charge in [-0.3, -0.25) is 4.98 Å². The van der Waals surface area contributed by atoms with Gasteiger partial charge in [-0.25, -0.2) is 15.2 Å². The highest BCUT2D eigenvalue weighted by Gasteiger charge is 2.02. The van der Waals surface area contributed by atoms with Gasteiger partial charge in [0, 0.05) is 10.5 Å². The maximum absolute atomic E-state index is 13.1. The predicted octanol–water partition coefficient (Wildman–Crippen LogP) is 2.24. The molecule has 0 fully saturated rings. The van der Waals surface area contributed by atoms with Crippen molar-refractivity contribution in [3.8, 4) is 5.75 Å². The Hall–Kier alpha value is -1.73. The van der Waals surface area contributed by atoms with E-state index in [1.165, 1.54) is 24.5 Å². The Kier molecular flexibility index (Phi) is 4.06. The molecule has 1 heterocycles. The normalized spacial score (nSPS) is 10.2. The minimum absolute atomic E-state index is 0.202. The molecule has 94 valence electrons. The summed E-state index contributed by atoms with van der Waals surface area (Å²) in [6.45, 7) is 0.202. The summed E-state index contributed by atoms with van der Waals surface area (Å²) in [7, 11) is 0. The van der Waals surface area contributed by atoms with Gasteiger partial charge in [0.25, 0.3) is 0 Å². The van der Waals surface area contributed by atoms with Gasteiger partial charge in [0.1, 0.15) is 18.2 Å². The minimum atomic E-state index is -0.367. The molecule has 0 bridgehead atoms. The summed E-state index contributed by atoms with van der Waals surface area (Å²) in [5, 5.41) is 0. The van der Waals surface area contributed by atoms with Crippen LogP contribution in [0.5, 0.6) is 5.75 Å². The number of anilines is 1. The number of hydrogen-bond acceptors (Lipinski definition) is 5. The zero-order valence-electron chi connectivity index (χ0n) is 9.23. The monoisotopic (exact) mass is 312 g/mol. The van der Waals surface area contributed by atoms with Crippen LogP contribution in [0.15, 0.2) is 35.1 Å². The van der Waals surface area contributed by atoms with Crippen LogP contribution in [-0.4, -0.2) is 9.97 Å². The first kappa shape index (κ1) is 12.7. The number of nitrogen functional groups attached to an aromatic ring is 1. The average molecular weight is 313 g/mol. The van der Waals surface area contributed by atoms with Gasteiger partial charge < -0.3 is 10.2 Å². The summed E-state index contributed by atoms with van der Waals surface area (Å²) in [6.07, 6.45) is 3.02. The van der Waals surface area contributed by atoms with Crippen LogP contribution in [0, 0.1) is 5.82 Å². The third kappa shape index (κ3) is 3.38. The first-order valence-electron chi connectivity index (χ1n) is 5.04. The number of aromatic nitrogens is 2. The zero-order valence-corrected chi connectivity index (χ0v) is 10.8. The van der Waals surface area contributed by atoms with Crippen molar-refractivity contribution in [2.24, 2.45) is 5.84 Å². The Morgan fingerprint density at radius 1 is 1.28 bits per heavy atom. The number of nitrogens with one attached hydrogen (secondary N) is 1. The van der Waals surface area contributed by atoms with Crippen molar-refractivity contribution in [3.05, 3.63) is 46.6 Å². The van der Waals surface area contributed by atoms with Gasteiger partial charge in [0.15, 0.2) is 5.82 Å². The van der Waals surface area contributed by atoms with Crippen molar-refractivity contribution < 1.29 is 9.13 Å². The smallest absolute Gasteiger partial charge is 0.158 e. The first-order valence-corrected chi connectivity index (χ1v) is 5.83. The number of ether oxygens (including phenoxy) is 1. The number of nitrogens with zero attached hydrogens (tertiary/aromatic N) is 2. The van der Waals surface area contributed by atoms with Gasteiger partial charge in [-0.15, -0.1) is 0 Å². The number of nitrogens with two attached hydrogens (primary N) is 1. The van der Waals surface area contributed by atoms with Crippen LogP contribution in [0.2, 0.25) is 0 Å². The van der Waals surface area contributed by atoms with Gasteiger partial charge in [-0.2, -0.15) is 0 Å². The molecule has 0 aliphatic rings. The van der Waals surface area contributed by atoms with E-state index in [4.69, 9.17) is 10.6 Å². The van der Waals surface area contributed by atoms with Crippen molar-refractivity contribution in [3.63, 3.8) is 0 Å². The van der Waals surface area contributed by atoms with Crippen LogP contribution in [0.25, 0.3) is 0 Å². The molecule has 0 aliphatic carbocycles. The second kappa shape index (κ2) is 5.74. The first-order chi connectivity index (χ1) is 8.67. The molecule has 2 aromatic rings. The Morgan fingerprint density at radius 2 is 2.11 bits per heavy atom. The molecule has 0 saturated carbocycles. The fraction of sp³-hybridized carbons (Fsp3) is 0.0909. The lowest BCUT2D eigenvalue weighted by Gasteiger charge is -2.06. The second-order valence-corrected chi connectivity index (χ2v) is 4.35. The lowest BCUT2D eigenvalue weighted by atomic mass is 10.3. The number of rotatable bonds is 4. The topological polar surface area (TPSA) is 73.1 Å². The zero-order chi connectivity index (χ0) is 13.0. The van der Waals surface area contributed by atoms with Crippen LogP contribution in [0.1, 0.15) is 5.69 Å². The van der Waals surface area contributed by atoms with Crippen molar-refractivity contribution in [1.29, 1.82) is 0 Å². The van der Waals surface area contributed by atoms with Crippen molar-refractivity contribution in [2.45, 2.75) is 6.61 Å². The molecule has 1 aromatic heterocycles. The molecule has 2 rings (SSSR count). The van der Waals surface area contributed by atoms with Gasteiger partial charge in [-0.1, -0.05) is 15.9 Å². The highest BCUT2D eigenvalue weighted by Crippen LogP contribution is 2.21. The number of hydrogen-bond donors (Lipinski definition) is 2. The number of hydrazine groups is 1. The largest absolute Gasteiger partial charge is 0.487 e. The van der Waals surface area contributed by atoms with Crippen LogP contribution in [-0.2, 0) is 6.61 Å². The Labute approximate surface area is 111 Å². The van der Waals surface area contributed by atoms with Gasteiger partial charge in [0.2, 0.25) is 0 Å². The van der Waals surface area contributed by atoms with E-state index in [0.717, 1.165) is 0 Å². The van der Waals surface area contributed by atoms with E-state index in [1.54, 1.807) is 6.07 Å². The fourth-order valence-electron chi connectivity index (χ4n) is 1.27. The highest BCUT2D eigenvalue weighted by molar-refractivity contribution is 9.10. The molecule has 0 atom stereocenters. The Morgan fingerprint density at radius 3 is 2.72 bits per heavy atom. The molecule has 5 nitrogen and oxygen atoms in total. The molecular weight excluding hydrogens is 303 g/mol. The molecule has 0 unspecified atom stereocenters. The third-order valence-corrected chi connectivity index (χ3v) is 2.53. The van der Waals surface area contributed by atoms with Crippen molar-refractivity contribution in [2.75, 3.05) is 5.43 Å². The number of benzene rings is 1. The molecule has 7 heteroatoms. The minimum Gasteiger partial charge on any atom is -0.487 e.